The molecule has 0 aliphatic carbocycles. The van der Waals surface area contributed by atoms with Crippen LogP contribution in [0, 0.1) is 5.41 Å². The number of hydrogen-bond acceptors (Lipinski definition) is 3. The average molecular weight is 333 g/mol. The zero-order valence-corrected chi connectivity index (χ0v) is 15.4. The summed E-state index contributed by atoms with van der Waals surface area (Å²) in [5, 5.41) is 15.3. The first-order valence-electron chi connectivity index (χ1n) is 8.79. The molecule has 1 aliphatic heterocycles. The number of amides is 2. The van der Waals surface area contributed by atoms with E-state index in [1.807, 2.05) is 13.8 Å². The normalized spacial score (nSPS) is 15.6. The number of aliphatic hydroxyl groups excluding tert-OH is 1. The van der Waals surface area contributed by atoms with Crippen LogP contribution in [0.15, 0.2) is 18.2 Å². The Hall–Kier alpha value is -1.75. The minimum Gasteiger partial charge on any atom is -0.393 e. The molecular formula is C19H31N3O2. The number of benzene rings is 1. The van der Waals surface area contributed by atoms with Gasteiger partial charge in [-0.3, -0.25) is 0 Å². The molecule has 3 N–H and O–H groups in total. The lowest BCUT2D eigenvalue weighted by molar-refractivity contribution is 0.129. The van der Waals surface area contributed by atoms with Crippen molar-refractivity contribution in [1.29, 1.82) is 0 Å². The summed E-state index contributed by atoms with van der Waals surface area (Å²) in [5.41, 5.74) is 3.67. The molecule has 2 amide bonds. The number of aryl methyl sites for hydroxylation is 1. The van der Waals surface area contributed by atoms with Crippen molar-refractivity contribution in [1.82, 2.24) is 10.6 Å². The second-order valence-corrected chi connectivity index (χ2v) is 7.74. The third-order valence-corrected chi connectivity index (χ3v) is 4.52. The first-order chi connectivity index (χ1) is 11.3. The molecule has 24 heavy (non-hydrogen) atoms. The second-order valence-electron chi connectivity index (χ2n) is 7.74. The average Bonchev–Trinajstić information content (AvgIpc) is 2.50. The van der Waals surface area contributed by atoms with E-state index in [0.717, 1.165) is 18.5 Å². The molecule has 1 aliphatic rings. The lowest BCUT2D eigenvalue weighted by atomic mass is 9.87. The van der Waals surface area contributed by atoms with Crippen LogP contribution in [0.4, 0.5) is 10.5 Å². The van der Waals surface area contributed by atoms with E-state index in [-0.39, 0.29) is 17.6 Å². The molecule has 0 saturated carbocycles. The summed E-state index contributed by atoms with van der Waals surface area (Å²) >= 11 is 0. The smallest absolute Gasteiger partial charge is 0.315 e. The van der Waals surface area contributed by atoms with Crippen LogP contribution < -0.4 is 15.5 Å². The van der Waals surface area contributed by atoms with Crippen molar-refractivity contribution < 1.29 is 9.90 Å². The Morgan fingerprint density at radius 3 is 2.83 bits per heavy atom. The van der Waals surface area contributed by atoms with Crippen LogP contribution in [0.1, 0.15) is 44.7 Å². The van der Waals surface area contributed by atoms with Gasteiger partial charge in [0.05, 0.1) is 6.10 Å². The van der Waals surface area contributed by atoms with Gasteiger partial charge in [-0.15, -0.1) is 0 Å². The fourth-order valence-corrected chi connectivity index (χ4v) is 3.38. The minimum atomic E-state index is -0.363. The Kier molecular flexibility index (Phi) is 6.10. The summed E-state index contributed by atoms with van der Waals surface area (Å²) in [4.78, 5) is 14.3. The van der Waals surface area contributed by atoms with Crippen LogP contribution in [-0.2, 0) is 13.0 Å². The molecule has 1 aromatic carbocycles. The molecule has 0 saturated heterocycles. The number of nitrogens with zero attached hydrogens (tertiary/aromatic N) is 1. The van der Waals surface area contributed by atoms with Crippen LogP contribution in [0.2, 0.25) is 0 Å². The Balaban J connectivity index is 1.82. The Labute approximate surface area is 145 Å². The van der Waals surface area contributed by atoms with Gasteiger partial charge in [-0.25, -0.2) is 4.79 Å². The van der Waals surface area contributed by atoms with E-state index >= 15 is 0 Å². The molecule has 0 bridgehead atoms. The highest BCUT2D eigenvalue weighted by atomic mass is 16.3. The molecule has 0 radical (unpaired) electrons. The summed E-state index contributed by atoms with van der Waals surface area (Å²) in [6, 6.07) is 6.26. The molecule has 1 atom stereocenters. The third-order valence-electron chi connectivity index (χ3n) is 4.52. The molecule has 0 fully saturated rings. The number of hydrogen-bond donors (Lipinski definition) is 3. The Bertz CT molecular complexity index is 570. The highest BCUT2D eigenvalue weighted by Crippen LogP contribution is 2.26. The van der Waals surface area contributed by atoms with Crippen molar-refractivity contribution >= 4 is 11.7 Å². The van der Waals surface area contributed by atoms with Crippen LogP contribution in [-0.4, -0.2) is 37.4 Å². The van der Waals surface area contributed by atoms with Crippen molar-refractivity contribution in [2.45, 2.75) is 52.7 Å². The fraction of sp³-hybridized carbons (Fsp3) is 0.632. The van der Waals surface area contributed by atoms with E-state index in [2.05, 4.69) is 40.8 Å². The lowest BCUT2D eigenvalue weighted by Gasteiger charge is -2.28. The number of carbonyl (C=O) groups excluding carboxylic acids is 1. The zero-order valence-electron chi connectivity index (χ0n) is 15.4. The highest BCUT2D eigenvalue weighted by Gasteiger charge is 2.21. The molecule has 5 heteroatoms. The van der Waals surface area contributed by atoms with Crippen molar-refractivity contribution in [2.75, 3.05) is 25.0 Å². The molecule has 2 rings (SSSR count). The quantitative estimate of drug-likeness (QED) is 0.750. The van der Waals surface area contributed by atoms with E-state index in [1.54, 1.807) is 6.92 Å². The Morgan fingerprint density at radius 2 is 2.12 bits per heavy atom. The number of urea groups is 1. The summed E-state index contributed by atoms with van der Waals surface area (Å²) in [6.45, 7) is 8.03. The summed E-state index contributed by atoms with van der Waals surface area (Å²) in [6.07, 6.45) is 2.58. The van der Waals surface area contributed by atoms with Gasteiger partial charge in [-0.2, -0.15) is 0 Å². The second kappa shape index (κ2) is 7.88. The van der Waals surface area contributed by atoms with Crippen molar-refractivity contribution in [3.63, 3.8) is 0 Å². The molecule has 134 valence electrons. The summed E-state index contributed by atoms with van der Waals surface area (Å²) < 4.78 is 0. The molecular weight excluding hydrogens is 302 g/mol. The van der Waals surface area contributed by atoms with E-state index in [4.69, 9.17) is 0 Å². The van der Waals surface area contributed by atoms with Gasteiger partial charge in [0.15, 0.2) is 0 Å². The van der Waals surface area contributed by atoms with Crippen molar-refractivity contribution in [3.8, 4) is 0 Å². The molecule has 0 spiro atoms. The summed E-state index contributed by atoms with van der Waals surface area (Å²) in [5.74, 6) is 0. The molecule has 1 heterocycles. The Morgan fingerprint density at radius 1 is 1.38 bits per heavy atom. The first-order valence-corrected chi connectivity index (χ1v) is 8.79. The van der Waals surface area contributed by atoms with E-state index in [1.165, 1.54) is 17.7 Å². The highest BCUT2D eigenvalue weighted by molar-refractivity contribution is 5.73. The number of carbonyl (C=O) groups is 1. The predicted octanol–water partition coefficient (Wildman–Crippen LogP) is 2.67. The number of nitrogens with one attached hydrogen (secondary N) is 2. The maximum absolute atomic E-state index is 12.0. The van der Waals surface area contributed by atoms with Gasteiger partial charge in [-0.05, 0) is 48.8 Å². The maximum atomic E-state index is 12.0. The number of aliphatic hydroxyl groups is 1. The van der Waals surface area contributed by atoms with E-state index < -0.39 is 0 Å². The van der Waals surface area contributed by atoms with Gasteiger partial charge in [0.1, 0.15) is 0 Å². The predicted molar refractivity (Wildman–Crippen MR) is 98.4 cm³/mol. The molecule has 0 aromatic heterocycles. The van der Waals surface area contributed by atoms with Gasteiger partial charge in [0, 0.05) is 32.4 Å². The minimum absolute atomic E-state index is 0.123. The topological polar surface area (TPSA) is 64.6 Å². The van der Waals surface area contributed by atoms with Crippen LogP contribution in [0.25, 0.3) is 0 Å². The molecule has 1 aromatic rings. The SMILES string of the molecule is CC(O)CC(C)(C)CNC(=O)NCc1ccc2c(c1)CCCN2C. The number of fused-ring (bicyclic) bond motifs is 1. The van der Waals surface area contributed by atoms with Gasteiger partial charge < -0.3 is 20.6 Å². The van der Waals surface area contributed by atoms with Gasteiger partial charge in [0.2, 0.25) is 0 Å². The molecule has 1 unspecified atom stereocenters. The van der Waals surface area contributed by atoms with E-state index in [9.17, 15) is 9.90 Å². The van der Waals surface area contributed by atoms with Crippen LogP contribution in [0.3, 0.4) is 0 Å². The van der Waals surface area contributed by atoms with Gasteiger partial charge >= 0.3 is 6.03 Å². The number of anilines is 1. The maximum Gasteiger partial charge on any atom is 0.315 e. The van der Waals surface area contributed by atoms with Gasteiger partial charge in [-0.1, -0.05) is 26.0 Å². The standard InChI is InChI=1S/C19H31N3O2/c1-14(23)11-19(2,3)13-21-18(24)20-12-15-7-8-17-16(10-15)6-5-9-22(17)4/h7-8,10,14,23H,5-6,9,11-13H2,1-4H3,(H2,20,21,24). The van der Waals surface area contributed by atoms with Crippen molar-refractivity contribution in [3.05, 3.63) is 29.3 Å². The van der Waals surface area contributed by atoms with Crippen LogP contribution >= 0.6 is 0 Å². The lowest BCUT2D eigenvalue weighted by Crippen LogP contribution is -2.41. The monoisotopic (exact) mass is 333 g/mol. The summed E-state index contributed by atoms with van der Waals surface area (Å²) in [7, 11) is 2.12. The zero-order chi connectivity index (χ0) is 17.7. The van der Waals surface area contributed by atoms with Gasteiger partial charge in [0.25, 0.3) is 0 Å². The first kappa shape index (κ1) is 18.6. The largest absolute Gasteiger partial charge is 0.393 e. The fourth-order valence-electron chi connectivity index (χ4n) is 3.38. The third kappa shape index (κ3) is 5.41. The molecule has 5 nitrogen and oxygen atoms in total. The van der Waals surface area contributed by atoms with E-state index in [0.29, 0.717) is 19.5 Å². The number of rotatable bonds is 6. The van der Waals surface area contributed by atoms with Crippen LogP contribution in [0.5, 0.6) is 0 Å². The van der Waals surface area contributed by atoms with Crippen molar-refractivity contribution in [2.24, 2.45) is 5.41 Å².